The Bertz CT molecular complexity index is 201. The second-order valence-corrected chi connectivity index (χ2v) is 21.1. The topological polar surface area (TPSA) is 20.2 Å². The summed E-state index contributed by atoms with van der Waals surface area (Å²) in [4.78, 5) is 0. The van der Waals surface area contributed by atoms with Crippen LogP contribution >= 0.6 is 0 Å². The van der Waals surface area contributed by atoms with E-state index in [9.17, 15) is 5.11 Å². The number of rotatable bonds is 11. The molecule has 0 heterocycles. The third-order valence-electron chi connectivity index (χ3n) is 5.31. The van der Waals surface area contributed by atoms with Crippen molar-refractivity contribution in [2.45, 2.75) is 88.9 Å². The van der Waals surface area contributed by atoms with Crippen LogP contribution in [0, 0.1) is 0 Å². The Morgan fingerprint density at radius 2 is 1.22 bits per heavy atom. The van der Waals surface area contributed by atoms with Crippen molar-refractivity contribution < 1.29 is 5.11 Å². The first-order valence-corrected chi connectivity index (χ1v) is 15.8. The van der Waals surface area contributed by atoms with Gasteiger partial charge in [0.15, 0.2) is 0 Å². The van der Waals surface area contributed by atoms with Crippen molar-refractivity contribution in [1.82, 2.24) is 0 Å². The molecule has 108 valence electrons. The molecule has 1 saturated carbocycles. The average Bonchev–Trinajstić information content (AvgIpc) is 3.20. The zero-order chi connectivity index (χ0) is 13.5. The zero-order valence-electron chi connectivity index (χ0n) is 12.9. The predicted molar refractivity (Wildman–Crippen MR) is 83.9 cm³/mol. The maximum atomic E-state index is 9.94. The molecule has 0 unspecified atom stereocenters. The van der Waals surface area contributed by atoms with Crippen LogP contribution < -0.4 is 0 Å². The molecule has 0 aromatic carbocycles. The second kappa shape index (κ2) is 8.14. The summed E-state index contributed by atoms with van der Waals surface area (Å²) in [7, 11) is 0. The van der Waals surface area contributed by atoms with E-state index in [1.807, 2.05) is 0 Å². The molecule has 1 fully saturated rings. The molecular weight excluding hydrogens is 327 g/mol. The van der Waals surface area contributed by atoms with Gasteiger partial charge in [-0.15, -0.1) is 0 Å². The number of aliphatic hydroxyl groups is 1. The molecule has 1 nitrogen and oxygen atoms in total. The maximum absolute atomic E-state index is 9.94. The summed E-state index contributed by atoms with van der Waals surface area (Å²) in [5, 5.41) is 9.94. The fourth-order valence-corrected chi connectivity index (χ4v) is 23.6. The Morgan fingerprint density at radius 3 is 1.44 bits per heavy atom. The van der Waals surface area contributed by atoms with Gasteiger partial charge in [0.25, 0.3) is 0 Å². The molecule has 0 radical (unpaired) electrons. The van der Waals surface area contributed by atoms with Crippen molar-refractivity contribution in [3.8, 4) is 0 Å². The van der Waals surface area contributed by atoms with E-state index in [1.54, 1.807) is 13.3 Å². The molecule has 1 aliphatic rings. The minimum absolute atomic E-state index is 0.522. The van der Waals surface area contributed by atoms with Gasteiger partial charge < -0.3 is 0 Å². The van der Waals surface area contributed by atoms with E-state index in [4.69, 9.17) is 0 Å². The first-order chi connectivity index (χ1) is 8.70. The van der Waals surface area contributed by atoms with Gasteiger partial charge in [-0.25, -0.2) is 0 Å². The number of unbranched alkanes of at least 4 members (excludes halogenated alkanes) is 3. The van der Waals surface area contributed by atoms with Crippen molar-refractivity contribution in [2.75, 3.05) is 6.61 Å². The Hall–Kier alpha value is 0.759. The van der Waals surface area contributed by atoms with Crippen LogP contribution in [0.15, 0.2) is 0 Å². The van der Waals surface area contributed by atoms with Crippen LogP contribution in [-0.2, 0) is 0 Å². The summed E-state index contributed by atoms with van der Waals surface area (Å²) in [6.07, 6.45) is 11.1. The first kappa shape index (κ1) is 16.8. The van der Waals surface area contributed by atoms with Gasteiger partial charge in [-0.1, -0.05) is 0 Å². The van der Waals surface area contributed by atoms with Crippen LogP contribution in [0.1, 0.15) is 72.1 Å². The second-order valence-electron chi connectivity index (χ2n) is 6.53. The molecule has 2 heteroatoms. The summed E-state index contributed by atoms with van der Waals surface area (Å²) in [6, 6.07) is 0. The van der Waals surface area contributed by atoms with Gasteiger partial charge in [0.2, 0.25) is 0 Å². The summed E-state index contributed by atoms with van der Waals surface area (Å²) >= 11 is -2.09. The van der Waals surface area contributed by atoms with E-state index in [2.05, 4.69) is 20.8 Å². The number of aliphatic hydroxyl groups excluding tert-OH is 1. The van der Waals surface area contributed by atoms with Crippen molar-refractivity contribution in [1.29, 1.82) is 0 Å². The third kappa shape index (κ3) is 3.88. The van der Waals surface area contributed by atoms with Crippen molar-refractivity contribution in [3.63, 3.8) is 0 Å². The molecule has 0 atom stereocenters. The van der Waals surface area contributed by atoms with Crippen LogP contribution in [0.25, 0.3) is 0 Å². The molecule has 1 aliphatic carbocycles. The van der Waals surface area contributed by atoms with Gasteiger partial charge in [0.05, 0.1) is 0 Å². The van der Waals surface area contributed by atoms with E-state index < -0.39 is 18.4 Å². The molecular formula is C16H34OSn. The van der Waals surface area contributed by atoms with Gasteiger partial charge >= 0.3 is 119 Å². The molecule has 0 bridgehead atoms. The normalized spacial score (nSPS) is 18.0. The summed E-state index contributed by atoms with van der Waals surface area (Å²) in [5.74, 6) is 0. The molecule has 0 saturated heterocycles. The van der Waals surface area contributed by atoms with E-state index >= 15 is 0 Å². The molecule has 0 aromatic rings. The monoisotopic (exact) mass is 362 g/mol. The summed E-state index contributed by atoms with van der Waals surface area (Å²) in [5.41, 5.74) is 0. The fraction of sp³-hybridized carbons (Fsp3) is 1.00. The van der Waals surface area contributed by atoms with Crippen LogP contribution in [-0.4, -0.2) is 30.1 Å². The molecule has 0 spiro atoms. The first-order valence-electron chi connectivity index (χ1n) is 8.31. The van der Waals surface area contributed by atoms with Crippen molar-refractivity contribution in [3.05, 3.63) is 0 Å². The van der Waals surface area contributed by atoms with E-state index in [-0.39, 0.29) is 0 Å². The number of hydrogen-bond donors (Lipinski definition) is 1. The van der Waals surface area contributed by atoms with Crippen LogP contribution in [0.3, 0.4) is 0 Å². The number of hydrogen-bond acceptors (Lipinski definition) is 1. The van der Waals surface area contributed by atoms with Crippen LogP contribution in [0.2, 0.25) is 16.7 Å². The molecule has 0 aliphatic heterocycles. The van der Waals surface area contributed by atoms with Crippen LogP contribution in [0.5, 0.6) is 0 Å². The van der Waals surface area contributed by atoms with Gasteiger partial charge in [-0.2, -0.15) is 0 Å². The van der Waals surface area contributed by atoms with Gasteiger partial charge in [0.1, 0.15) is 0 Å². The molecule has 0 aromatic heterocycles. The van der Waals surface area contributed by atoms with Crippen LogP contribution in [0.4, 0.5) is 0 Å². The van der Waals surface area contributed by atoms with E-state index in [0.29, 0.717) is 10.0 Å². The SMILES string of the molecule is CCC[CH2][Sn]([CH2]CCC)([CH2]CCC)[C]1(CO)CC1. The Kier molecular flexibility index (Phi) is 7.60. The Labute approximate surface area is 119 Å². The summed E-state index contributed by atoms with van der Waals surface area (Å²) < 4.78 is 5.21. The Morgan fingerprint density at radius 1 is 0.833 bits per heavy atom. The quantitative estimate of drug-likeness (QED) is 0.491. The van der Waals surface area contributed by atoms with Crippen molar-refractivity contribution >= 4 is 18.4 Å². The summed E-state index contributed by atoms with van der Waals surface area (Å²) in [6.45, 7) is 7.51. The molecule has 18 heavy (non-hydrogen) atoms. The van der Waals surface area contributed by atoms with E-state index in [1.165, 1.54) is 51.4 Å². The average molecular weight is 361 g/mol. The fourth-order valence-electron chi connectivity index (χ4n) is 3.72. The van der Waals surface area contributed by atoms with Gasteiger partial charge in [-0.3, -0.25) is 0 Å². The Balaban J connectivity index is 2.77. The molecule has 0 amide bonds. The third-order valence-corrected chi connectivity index (χ3v) is 24.8. The molecule has 1 N–H and O–H groups in total. The molecule has 1 rings (SSSR count). The zero-order valence-corrected chi connectivity index (χ0v) is 15.8. The minimum atomic E-state index is -2.09. The standard InChI is InChI=1S/C4H7O.3C4H9.Sn/c5-3-4-1-2-4;3*1-3-4-2;/h5H,1-3H2;3*1,3-4H2,2H3;. The van der Waals surface area contributed by atoms with Crippen molar-refractivity contribution in [2.24, 2.45) is 0 Å². The van der Waals surface area contributed by atoms with Gasteiger partial charge in [-0.05, 0) is 0 Å². The van der Waals surface area contributed by atoms with E-state index in [0.717, 1.165) is 0 Å². The van der Waals surface area contributed by atoms with Gasteiger partial charge in [0, 0.05) is 0 Å². The predicted octanol–water partition coefficient (Wildman–Crippen LogP) is 5.36.